The van der Waals surface area contributed by atoms with Gasteiger partial charge in [0.05, 0.1) is 15.1 Å². The molecule has 0 atom stereocenters. The Bertz CT molecular complexity index is 1060. The number of carbonyl (C=O) groups is 1. The number of aromatic nitrogens is 1. The number of nitrogens with zero attached hydrogens (tertiary/aromatic N) is 3. The highest BCUT2D eigenvalue weighted by molar-refractivity contribution is 7.89. The summed E-state index contributed by atoms with van der Waals surface area (Å²) in [5, 5.41) is 0.408. The molecule has 0 aliphatic carbocycles. The molecule has 0 spiro atoms. The van der Waals surface area contributed by atoms with Crippen molar-refractivity contribution in [3.05, 3.63) is 59.4 Å². The fourth-order valence-corrected chi connectivity index (χ4v) is 5.34. The molecule has 1 fully saturated rings. The van der Waals surface area contributed by atoms with Gasteiger partial charge in [-0.3, -0.25) is 4.79 Å². The van der Waals surface area contributed by atoms with Gasteiger partial charge in [-0.05, 0) is 36.4 Å². The van der Waals surface area contributed by atoms with Crippen molar-refractivity contribution >= 4 is 37.5 Å². The molecule has 2 aromatic carbocycles. The summed E-state index contributed by atoms with van der Waals surface area (Å²) in [7, 11) is -3.70. The highest BCUT2D eigenvalue weighted by Crippen LogP contribution is 2.24. The minimum absolute atomic E-state index is 0.0508. The van der Waals surface area contributed by atoms with Gasteiger partial charge in [0.25, 0.3) is 5.91 Å². The van der Waals surface area contributed by atoms with E-state index in [0.717, 1.165) is 22.3 Å². The maximum Gasteiger partial charge on any atom is 0.282 e. The zero-order chi connectivity index (χ0) is 19.0. The van der Waals surface area contributed by atoms with Crippen LogP contribution in [-0.4, -0.2) is 54.7 Å². The Morgan fingerprint density at radius 3 is 2.33 bits per heavy atom. The van der Waals surface area contributed by atoms with E-state index in [-0.39, 0.29) is 37.0 Å². The maximum atomic E-state index is 13.0. The Morgan fingerprint density at radius 2 is 1.67 bits per heavy atom. The van der Waals surface area contributed by atoms with Gasteiger partial charge >= 0.3 is 0 Å². The highest BCUT2D eigenvalue weighted by atomic mass is 32.2. The van der Waals surface area contributed by atoms with Gasteiger partial charge < -0.3 is 4.90 Å². The van der Waals surface area contributed by atoms with Crippen molar-refractivity contribution in [2.75, 3.05) is 26.2 Å². The summed E-state index contributed by atoms with van der Waals surface area (Å²) >= 11 is 1.33. The van der Waals surface area contributed by atoms with E-state index in [9.17, 15) is 17.6 Å². The summed E-state index contributed by atoms with van der Waals surface area (Å²) in [4.78, 5) is 18.7. The second kappa shape index (κ2) is 6.99. The average Bonchev–Trinajstić information content (AvgIpc) is 3.12. The van der Waals surface area contributed by atoms with Crippen molar-refractivity contribution in [2.45, 2.75) is 4.90 Å². The first-order valence-corrected chi connectivity index (χ1v) is 10.6. The molecule has 1 aliphatic rings. The molecule has 1 amide bonds. The largest absolute Gasteiger partial charge is 0.334 e. The van der Waals surface area contributed by atoms with Gasteiger partial charge in [-0.2, -0.15) is 4.31 Å². The number of benzene rings is 2. The molecule has 0 saturated carbocycles. The Labute approximate surface area is 159 Å². The molecule has 1 aromatic heterocycles. The smallest absolute Gasteiger partial charge is 0.282 e. The summed E-state index contributed by atoms with van der Waals surface area (Å²) < 4.78 is 40.6. The molecule has 0 radical (unpaired) electrons. The van der Waals surface area contributed by atoms with Crippen LogP contribution in [0.1, 0.15) is 9.80 Å². The number of carbonyl (C=O) groups excluding carboxylic acids is 1. The van der Waals surface area contributed by atoms with E-state index < -0.39 is 15.8 Å². The number of piperazine rings is 1. The minimum Gasteiger partial charge on any atom is -0.334 e. The Balaban J connectivity index is 1.46. The topological polar surface area (TPSA) is 70.6 Å². The molecular formula is C18H16FN3O3S2. The highest BCUT2D eigenvalue weighted by Gasteiger charge is 2.31. The molecule has 0 N–H and O–H groups in total. The average molecular weight is 405 g/mol. The lowest BCUT2D eigenvalue weighted by Gasteiger charge is -2.33. The Morgan fingerprint density at radius 1 is 1.00 bits per heavy atom. The van der Waals surface area contributed by atoms with Crippen LogP contribution in [0.5, 0.6) is 0 Å². The van der Waals surface area contributed by atoms with E-state index in [1.165, 1.54) is 27.8 Å². The van der Waals surface area contributed by atoms with Gasteiger partial charge in [-0.1, -0.05) is 12.1 Å². The van der Waals surface area contributed by atoms with E-state index in [0.29, 0.717) is 5.01 Å². The number of rotatable bonds is 3. The van der Waals surface area contributed by atoms with Crippen LogP contribution in [-0.2, 0) is 10.0 Å². The van der Waals surface area contributed by atoms with Gasteiger partial charge in [0.1, 0.15) is 5.82 Å². The zero-order valence-corrected chi connectivity index (χ0v) is 15.8. The molecule has 140 valence electrons. The van der Waals surface area contributed by atoms with Crippen LogP contribution >= 0.6 is 11.3 Å². The van der Waals surface area contributed by atoms with Crippen LogP contribution in [0.2, 0.25) is 0 Å². The maximum absolute atomic E-state index is 13.0. The van der Waals surface area contributed by atoms with Gasteiger partial charge in [0, 0.05) is 26.2 Å². The van der Waals surface area contributed by atoms with Crippen LogP contribution in [0, 0.1) is 5.82 Å². The predicted octanol–water partition coefficient (Wildman–Crippen LogP) is 2.58. The van der Waals surface area contributed by atoms with Crippen molar-refractivity contribution in [1.29, 1.82) is 0 Å². The predicted molar refractivity (Wildman–Crippen MR) is 101 cm³/mol. The first-order valence-electron chi connectivity index (χ1n) is 8.36. The van der Waals surface area contributed by atoms with Crippen LogP contribution in [0.15, 0.2) is 53.4 Å². The van der Waals surface area contributed by atoms with Crippen LogP contribution in [0.3, 0.4) is 0 Å². The molecule has 2 heterocycles. The van der Waals surface area contributed by atoms with E-state index in [2.05, 4.69) is 4.98 Å². The summed E-state index contributed by atoms with van der Waals surface area (Å²) in [6, 6.07) is 12.3. The number of para-hydroxylation sites is 1. The molecule has 0 unspecified atom stereocenters. The minimum atomic E-state index is -3.70. The van der Waals surface area contributed by atoms with Gasteiger partial charge in [0.15, 0.2) is 5.01 Å². The zero-order valence-electron chi connectivity index (χ0n) is 14.2. The number of hydrogen-bond donors (Lipinski definition) is 0. The summed E-state index contributed by atoms with van der Waals surface area (Å²) in [5.74, 6) is -0.671. The van der Waals surface area contributed by atoms with Crippen LogP contribution < -0.4 is 0 Å². The van der Waals surface area contributed by atoms with E-state index in [1.807, 2.05) is 24.3 Å². The third kappa shape index (κ3) is 3.45. The standard InChI is InChI=1S/C18H16FN3O3S2/c19-13-5-7-14(8-6-13)27(24,25)22-11-9-21(10-12-22)18(23)17-20-15-3-1-2-4-16(15)26-17/h1-8H,9-12H2. The second-order valence-corrected chi connectivity index (χ2v) is 9.11. The van der Waals surface area contributed by atoms with E-state index in [4.69, 9.17) is 0 Å². The lowest BCUT2D eigenvalue weighted by atomic mass is 10.3. The van der Waals surface area contributed by atoms with Gasteiger partial charge in [-0.25, -0.2) is 17.8 Å². The third-order valence-corrected chi connectivity index (χ3v) is 7.39. The lowest BCUT2D eigenvalue weighted by molar-refractivity contribution is 0.0697. The summed E-state index contributed by atoms with van der Waals surface area (Å²) in [5.41, 5.74) is 0.781. The third-order valence-electron chi connectivity index (χ3n) is 4.45. The fourth-order valence-electron chi connectivity index (χ4n) is 2.99. The van der Waals surface area contributed by atoms with Crippen molar-refractivity contribution in [3.8, 4) is 0 Å². The molecule has 4 rings (SSSR count). The van der Waals surface area contributed by atoms with E-state index in [1.54, 1.807) is 4.90 Å². The number of sulfonamides is 1. The molecule has 0 bridgehead atoms. The number of fused-ring (bicyclic) bond motifs is 1. The fraction of sp³-hybridized carbons (Fsp3) is 0.222. The number of amides is 1. The molecule has 27 heavy (non-hydrogen) atoms. The van der Waals surface area contributed by atoms with Crippen LogP contribution in [0.4, 0.5) is 4.39 Å². The number of halogens is 1. The summed E-state index contributed by atoms with van der Waals surface area (Å²) in [6.45, 7) is 0.955. The van der Waals surface area contributed by atoms with Crippen molar-refractivity contribution in [2.24, 2.45) is 0 Å². The number of hydrogen-bond acceptors (Lipinski definition) is 5. The lowest BCUT2D eigenvalue weighted by Crippen LogP contribution is -2.50. The number of thiazole rings is 1. The van der Waals surface area contributed by atoms with Gasteiger partial charge in [-0.15, -0.1) is 11.3 Å². The molecule has 9 heteroatoms. The summed E-state index contributed by atoms with van der Waals surface area (Å²) in [6.07, 6.45) is 0. The Hall–Kier alpha value is -2.36. The quantitative estimate of drug-likeness (QED) is 0.672. The SMILES string of the molecule is O=C(c1nc2ccccc2s1)N1CCN(S(=O)(=O)c2ccc(F)cc2)CC1. The molecule has 6 nitrogen and oxygen atoms in total. The van der Waals surface area contributed by atoms with Crippen molar-refractivity contribution in [3.63, 3.8) is 0 Å². The molecular weight excluding hydrogens is 389 g/mol. The molecule has 1 aliphatic heterocycles. The molecule has 1 saturated heterocycles. The van der Waals surface area contributed by atoms with Crippen molar-refractivity contribution in [1.82, 2.24) is 14.2 Å². The van der Waals surface area contributed by atoms with Crippen molar-refractivity contribution < 1.29 is 17.6 Å². The normalized spacial score (nSPS) is 16.0. The van der Waals surface area contributed by atoms with Crippen LogP contribution in [0.25, 0.3) is 10.2 Å². The monoisotopic (exact) mass is 405 g/mol. The first kappa shape index (κ1) is 18.0. The van der Waals surface area contributed by atoms with Gasteiger partial charge in [0.2, 0.25) is 10.0 Å². The Kier molecular flexibility index (Phi) is 4.67. The first-order chi connectivity index (χ1) is 12.9. The van der Waals surface area contributed by atoms with E-state index >= 15 is 0 Å². The molecule has 3 aromatic rings. The second-order valence-electron chi connectivity index (χ2n) is 6.14.